The lowest BCUT2D eigenvalue weighted by Crippen LogP contribution is -2.52. The summed E-state index contributed by atoms with van der Waals surface area (Å²) in [5.41, 5.74) is 2.24. The van der Waals surface area contributed by atoms with Crippen molar-refractivity contribution < 1.29 is 18.0 Å². The SMILES string of the molecule is CCCNC(=O)C(CC)N(Cc1cccc(C)c1)C(=O)CN(c1ccc(Br)cc1)S(=O)(=O)c1ccccc1. The van der Waals surface area contributed by atoms with Crippen LogP contribution in [0.5, 0.6) is 0 Å². The predicted molar refractivity (Wildman–Crippen MR) is 154 cm³/mol. The summed E-state index contributed by atoms with van der Waals surface area (Å²) in [6, 6.07) is 21.8. The first-order chi connectivity index (χ1) is 18.2. The Morgan fingerprint density at radius 3 is 2.24 bits per heavy atom. The van der Waals surface area contributed by atoms with Crippen LogP contribution in [-0.2, 0) is 26.2 Å². The highest BCUT2D eigenvalue weighted by Gasteiger charge is 2.33. The molecule has 3 aromatic rings. The molecule has 0 fully saturated rings. The van der Waals surface area contributed by atoms with Crippen LogP contribution in [-0.4, -0.2) is 44.3 Å². The Kier molecular flexibility index (Phi) is 10.5. The van der Waals surface area contributed by atoms with Gasteiger partial charge < -0.3 is 10.2 Å². The number of nitrogens with zero attached hydrogens (tertiary/aromatic N) is 2. The van der Waals surface area contributed by atoms with Crippen LogP contribution in [0.3, 0.4) is 0 Å². The second-order valence-electron chi connectivity index (χ2n) is 9.03. The number of halogens is 1. The van der Waals surface area contributed by atoms with Gasteiger partial charge in [-0.3, -0.25) is 13.9 Å². The molecule has 7 nitrogen and oxygen atoms in total. The average Bonchev–Trinajstić information content (AvgIpc) is 2.91. The summed E-state index contributed by atoms with van der Waals surface area (Å²) in [4.78, 5) is 28.6. The molecule has 3 rings (SSSR count). The number of hydrogen-bond donors (Lipinski definition) is 1. The molecule has 0 spiro atoms. The minimum absolute atomic E-state index is 0.0775. The summed E-state index contributed by atoms with van der Waals surface area (Å²) in [6.07, 6.45) is 1.15. The van der Waals surface area contributed by atoms with Crippen molar-refractivity contribution in [2.24, 2.45) is 0 Å². The van der Waals surface area contributed by atoms with Crippen LogP contribution in [0.25, 0.3) is 0 Å². The first-order valence-electron chi connectivity index (χ1n) is 12.6. The lowest BCUT2D eigenvalue weighted by atomic mass is 10.1. The van der Waals surface area contributed by atoms with E-state index in [0.29, 0.717) is 18.7 Å². The van der Waals surface area contributed by atoms with Gasteiger partial charge in [-0.25, -0.2) is 8.42 Å². The molecule has 38 heavy (non-hydrogen) atoms. The van der Waals surface area contributed by atoms with Crippen molar-refractivity contribution in [3.05, 3.63) is 94.5 Å². The quantitative estimate of drug-likeness (QED) is 0.306. The van der Waals surface area contributed by atoms with Crippen LogP contribution in [0.1, 0.15) is 37.8 Å². The lowest BCUT2D eigenvalue weighted by Gasteiger charge is -2.33. The minimum atomic E-state index is -4.07. The van der Waals surface area contributed by atoms with Crippen LogP contribution >= 0.6 is 15.9 Å². The standard InChI is InChI=1S/C29H34BrN3O4S/c1-4-18-31-29(35)27(5-2)32(20-23-11-9-10-22(3)19-23)28(34)21-33(25-16-14-24(30)15-17-25)38(36,37)26-12-7-6-8-13-26/h6-17,19,27H,4-5,18,20-21H2,1-3H3,(H,31,35). The molecule has 1 atom stereocenters. The molecular formula is C29H34BrN3O4S. The van der Waals surface area contributed by atoms with E-state index in [2.05, 4.69) is 21.2 Å². The van der Waals surface area contributed by atoms with Gasteiger partial charge in [0.25, 0.3) is 10.0 Å². The number of carbonyl (C=O) groups excluding carboxylic acids is 2. The number of aryl methyl sites for hydroxylation is 1. The summed E-state index contributed by atoms with van der Waals surface area (Å²) >= 11 is 3.38. The normalized spacial score (nSPS) is 12.0. The molecule has 0 saturated carbocycles. The molecule has 202 valence electrons. The number of amides is 2. The van der Waals surface area contributed by atoms with Gasteiger partial charge in [0.05, 0.1) is 10.6 Å². The summed E-state index contributed by atoms with van der Waals surface area (Å²) in [5, 5.41) is 2.89. The maximum atomic E-state index is 14.0. The van der Waals surface area contributed by atoms with E-state index in [9.17, 15) is 18.0 Å². The smallest absolute Gasteiger partial charge is 0.264 e. The Hall–Kier alpha value is -3.17. The van der Waals surface area contributed by atoms with Gasteiger partial charge >= 0.3 is 0 Å². The maximum Gasteiger partial charge on any atom is 0.264 e. The number of hydrogen-bond acceptors (Lipinski definition) is 4. The molecule has 1 unspecified atom stereocenters. The van der Waals surface area contributed by atoms with Gasteiger partial charge in [0.15, 0.2) is 0 Å². The molecule has 2 amide bonds. The zero-order chi connectivity index (χ0) is 27.7. The Morgan fingerprint density at radius 1 is 0.947 bits per heavy atom. The predicted octanol–water partition coefficient (Wildman–Crippen LogP) is 5.29. The number of rotatable bonds is 12. The molecule has 0 bridgehead atoms. The Morgan fingerprint density at radius 2 is 1.63 bits per heavy atom. The van der Waals surface area contributed by atoms with E-state index in [0.717, 1.165) is 26.3 Å². The minimum Gasteiger partial charge on any atom is -0.354 e. The first kappa shape index (κ1) is 29.4. The molecular weight excluding hydrogens is 566 g/mol. The molecule has 0 aromatic heterocycles. The summed E-state index contributed by atoms with van der Waals surface area (Å²) in [7, 11) is -4.07. The highest BCUT2D eigenvalue weighted by molar-refractivity contribution is 9.10. The Labute approximate surface area is 234 Å². The van der Waals surface area contributed by atoms with Crippen molar-refractivity contribution in [3.63, 3.8) is 0 Å². The largest absolute Gasteiger partial charge is 0.354 e. The summed E-state index contributed by atoms with van der Waals surface area (Å²) in [6.45, 7) is 5.99. The second-order valence-corrected chi connectivity index (χ2v) is 11.8. The molecule has 3 aromatic carbocycles. The Balaban J connectivity index is 2.03. The van der Waals surface area contributed by atoms with Gasteiger partial charge in [0, 0.05) is 17.6 Å². The monoisotopic (exact) mass is 599 g/mol. The van der Waals surface area contributed by atoms with Crippen molar-refractivity contribution in [3.8, 4) is 0 Å². The second kappa shape index (κ2) is 13.6. The van der Waals surface area contributed by atoms with Gasteiger partial charge in [0.1, 0.15) is 12.6 Å². The summed E-state index contributed by atoms with van der Waals surface area (Å²) in [5.74, 6) is -0.719. The van der Waals surface area contributed by atoms with Crippen molar-refractivity contribution in [1.29, 1.82) is 0 Å². The fourth-order valence-corrected chi connectivity index (χ4v) is 5.85. The fourth-order valence-electron chi connectivity index (χ4n) is 4.15. The van der Waals surface area contributed by atoms with E-state index >= 15 is 0 Å². The van der Waals surface area contributed by atoms with Crippen molar-refractivity contribution >= 4 is 43.5 Å². The first-order valence-corrected chi connectivity index (χ1v) is 14.9. The highest BCUT2D eigenvalue weighted by atomic mass is 79.9. The maximum absolute atomic E-state index is 14.0. The third kappa shape index (κ3) is 7.45. The van der Waals surface area contributed by atoms with E-state index in [-0.39, 0.29) is 17.3 Å². The van der Waals surface area contributed by atoms with Crippen LogP contribution in [0.4, 0.5) is 5.69 Å². The molecule has 0 aliphatic heterocycles. The zero-order valence-corrected chi connectivity index (χ0v) is 24.3. The number of carbonyl (C=O) groups is 2. The third-order valence-corrected chi connectivity index (χ3v) is 8.41. The van der Waals surface area contributed by atoms with Gasteiger partial charge in [-0.2, -0.15) is 0 Å². The third-order valence-electron chi connectivity index (χ3n) is 6.10. The van der Waals surface area contributed by atoms with Gasteiger partial charge in [0.2, 0.25) is 11.8 Å². The molecule has 0 aliphatic rings. The lowest BCUT2D eigenvalue weighted by molar-refractivity contribution is -0.140. The van der Waals surface area contributed by atoms with Crippen molar-refractivity contribution in [2.45, 2.75) is 51.1 Å². The van der Waals surface area contributed by atoms with Crippen molar-refractivity contribution in [1.82, 2.24) is 10.2 Å². The number of sulfonamides is 1. The zero-order valence-electron chi connectivity index (χ0n) is 21.9. The molecule has 9 heteroatoms. The molecule has 0 aliphatic carbocycles. The van der Waals surface area contributed by atoms with Crippen LogP contribution < -0.4 is 9.62 Å². The topological polar surface area (TPSA) is 86.8 Å². The highest BCUT2D eigenvalue weighted by Crippen LogP contribution is 2.26. The molecule has 0 saturated heterocycles. The average molecular weight is 601 g/mol. The Bertz CT molecular complexity index is 1330. The van der Waals surface area contributed by atoms with E-state index in [1.807, 2.05) is 45.0 Å². The molecule has 0 heterocycles. The molecule has 1 N–H and O–H groups in total. The van der Waals surface area contributed by atoms with E-state index in [1.165, 1.54) is 17.0 Å². The van der Waals surface area contributed by atoms with E-state index < -0.39 is 28.5 Å². The van der Waals surface area contributed by atoms with Gasteiger partial charge in [-0.1, -0.05) is 77.8 Å². The number of anilines is 1. The van der Waals surface area contributed by atoms with E-state index in [4.69, 9.17) is 0 Å². The number of nitrogens with one attached hydrogen (secondary N) is 1. The van der Waals surface area contributed by atoms with E-state index in [1.54, 1.807) is 42.5 Å². The summed E-state index contributed by atoms with van der Waals surface area (Å²) < 4.78 is 29.4. The van der Waals surface area contributed by atoms with Crippen molar-refractivity contribution in [2.75, 3.05) is 17.4 Å². The van der Waals surface area contributed by atoms with Crippen LogP contribution in [0.15, 0.2) is 88.2 Å². The van der Waals surface area contributed by atoms with Crippen LogP contribution in [0, 0.1) is 6.92 Å². The van der Waals surface area contributed by atoms with Gasteiger partial charge in [-0.15, -0.1) is 0 Å². The number of benzene rings is 3. The van der Waals surface area contributed by atoms with Gasteiger partial charge in [-0.05, 0) is 61.7 Å². The van der Waals surface area contributed by atoms with Crippen LogP contribution in [0.2, 0.25) is 0 Å². The fraction of sp³-hybridized carbons (Fsp3) is 0.310. The molecule has 0 radical (unpaired) electrons.